The predicted molar refractivity (Wildman–Crippen MR) is 122 cm³/mol. The van der Waals surface area contributed by atoms with Gasteiger partial charge in [0.05, 0.1) is 6.20 Å². The lowest BCUT2D eigenvalue weighted by atomic mass is 9.99. The number of fused-ring (bicyclic) bond motifs is 1. The predicted octanol–water partition coefficient (Wildman–Crippen LogP) is 0.994. The fourth-order valence-corrected chi connectivity index (χ4v) is 4.23. The third-order valence-corrected chi connectivity index (χ3v) is 6.09. The van der Waals surface area contributed by atoms with Crippen molar-refractivity contribution in [2.75, 3.05) is 19.7 Å². The molecule has 2 fully saturated rings. The van der Waals surface area contributed by atoms with Crippen LogP contribution in [0.5, 0.6) is 5.88 Å². The van der Waals surface area contributed by atoms with Gasteiger partial charge in [-0.25, -0.2) is 0 Å². The molecule has 1 aliphatic carbocycles. The average Bonchev–Trinajstić information content (AvgIpc) is 3.50. The molecule has 2 aliphatic rings. The van der Waals surface area contributed by atoms with Crippen LogP contribution in [0.1, 0.15) is 55.5 Å². The Morgan fingerprint density at radius 2 is 2.06 bits per heavy atom. The molecule has 1 aliphatic heterocycles. The van der Waals surface area contributed by atoms with Gasteiger partial charge in [0.15, 0.2) is 5.56 Å². The Morgan fingerprint density at radius 1 is 1.30 bits per heavy atom. The van der Waals surface area contributed by atoms with E-state index in [2.05, 4.69) is 10.4 Å². The molecule has 178 valence electrons. The van der Waals surface area contributed by atoms with E-state index >= 15 is 0 Å². The molecule has 1 saturated heterocycles. The first kappa shape index (κ1) is 23.0. The number of carbonyl (C=O) groups excluding carboxylic acids is 2. The van der Waals surface area contributed by atoms with Gasteiger partial charge < -0.3 is 20.4 Å². The van der Waals surface area contributed by atoms with Crippen molar-refractivity contribution >= 4 is 23.5 Å². The lowest BCUT2D eigenvalue weighted by Gasteiger charge is -2.31. The van der Waals surface area contributed by atoms with Crippen LogP contribution in [0.3, 0.4) is 0 Å². The molecule has 4 rings (SSSR count). The maximum absolute atomic E-state index is 13.0. The Balaban J connectivity index is 1.71. The molecule has 0 bridgehead atoms. The number of nitrogens with zero attached hydrogens (tertiary/aromatic N) is 4. The lowest BCUT2D eigenvalue weighted by molar-refractivity contribution is -0.127. The normalized spacial score (nSPS) is 19.0. The quantitative estimate of drug-likeness (QED) is 0.532. The van der Waals surface area contributed by atoms with Crippen LogP contribution in [0.15, 0.2) is 17.1 Å². The number of aliphatic hydroxyl groups excluding tert-OH is 1. The van der Waals surface area contributed by atoms with Crippen molar-refractivity contribution < 1.29 is 19.8 Å². The van der Waals surface area contributed by atoms with Crippen molar-refractivity contribution in [1.29, 1.82) is 0 Å². The number of rotatable bonds is 7. The van der Waals surface area contributed by atoms with Crippen LogP contribution in [0.25, 0.3) is 11.7 Å². The van der Waals surface area contributed by atoms with E-state index in [0.717, 1.165) is 30.2 Å². The molecule has 0 spiro atoms. The third kappa shape index (κ3) is 4.80. The number of nitrogens with one attached hydrogen (secondary N) is 1. The summed E-state index contributed by atoms with van der Waals surface area (Å²) >= 11 is 0. The fraction of sp³-hybridized carbons (Fsp3) is 0.565. The molecule has 2 amide bonds. The molecule has 0 aromatic carbocycles. The number of hydrogen-bond donors (Lipinski definition) is 3. The summed E-state index contributed by atoms with van der Waals surface area (Å²) in [6, 6.07) is 0.0351. The molecule has 33 heavy (non-hydrogen) atoms. The van der Waals surface area contributed by atoms with Gasteiger partial charge in [-0.3, -0.25) is 19.0 Å². The number of aromatic nitrogens is 3. The highest BCUT2D eigenvalue weighted by Crippen LogP contribution is 2.25. The topological polar surface area (TPSA) is 129 Å². The first-order valence-corrected chi connectivity index (χ1v) is 11.5. The summed E-state index contributed by atoms with van der Waals surface area (Å²) in [6.45, 7) is 5.46. The average molecular weight is 458 g/mol. The summed E-state index contributed by atoms with van der Waals surface area (Å²) in [5.74, 6) is -0.997. The lowest BCUT2D eigenvalue weighted by Crippen LogP contribution is -2.40. The van der Waals surface area contributed by atoms with Crippen LogP contribution in [0, 0.1) is 11.8 Å². The van der Waals surface area contributed by atoms with Gasteiger partial charge in [-0.1, -0.05) is 13.8 Å². The number of carbonyl (C=O) groups is 2. The van der Waals surface area contributed by atoms with E-state index in [1.807, 2.05) is 13.8 Å². The molecule has 3 heterocycles. The number of piperidine rings is 1. The van der Waals surface area contributed by atoms with Gasteiger partial charge >= 0.3 is 0 Å². The van der Waals surface area contributed by atoms with E-state index in [9.17, 15) is 24.6 Å². The minimum Gasteiger partial charge on any atom is -0.494 e. The maximum Gasteiger partial charge on any atom is 0.291 e. The zero-order valence-electron chi connectivity index (χ0n) is 19.0. The smallest absolute Gasteiger partial charge is 0.291 e. The van der Waals surface area contributed by atoms with E-state index in [1.54, 1.807) is 11.0 Å². The molecule has 3 N–H and O–H groups in total. The molecule has 0 unspecified atom stereocenters. The number of aromatic hydroxyl groups is 1. The first-order chi connectivity index (χ1) is 15.8. The molecular weight excluding hydrogens is 426 g/mol. The highest BCUT2D eigenvalue weighted by atomic mass is 16.3. The van der Waals surface area contributed by atoms with Crippen molar-refractivity contribution in [3.63, 3.8) is 0 Å². The van der Waals surface area contributed by atoms with Gasteiger partial charge in [0.1, 0.15) is 5.65 Å². The molecule has 2 aromatic heterocycles. The van der Waals surface area contributed by atoms with Crippen LogP contribution in [0.4, 0.5) is 0 Å². The summed E-state index contributed by atoms with van der Waals surface area (Å²) in [7, 11) is 0. The zero-order chi connectivity index (χ0) is 23.7. The Hall–Kier alpha value is -3.14. The van der Waals surface area contributed by atoms with Crippen LogP contribution >= 0.6 is 0 Å². The third-order valence-electron chi connectivity index (χ3n) is 6.09. The summed E-state index contributed by atoms with van der Waals surface area (Å²) in [5.41, 5.74) is -0.215. The van der Waals surface area contributed by atoms with Crippen molar-refractivity contribution in [3.8, 4) is 5.88 Å². The van der Waals surface area contributed by atoms with Gasteiger partial charge in [-0.05, 0) is 43.6 Å². The standard InChI is InChI=1S/C23H31N5O5/c1-14(2)11-27-21-16(5-8-18(30)26-9-3-4-15(12-26)13-29)10-24-28(21)23(33)19(22(27)32)20(31)25-17-6-7-17/h5,8,10,14-15,17,29,32H,3-4,6-7,9,11-13H2,1-2H3,(H,25,31)/b8-5+/t15-/m0/s1. The van der Waals surface area contributed by atoms with Gasteiger partial charge in [0.25, 0.3) is 11.5 Å². The minimum absolute atomic E-state index is 0.0351. The monoisotopic (exact) mass is 457 g/mol. The van der Waals surface area contributed by atoms with Crippen molar-refractivity contribution in [2.45, 2.75) is 52.1 Å². The number of aliphatic hydroxyl groups is 1. The van der Waals surface area contributed by atoms with E-state index in [1.165, 1.54) is 16.8 Å². The fourth-order valence-electron chi connectivity index (χ4n) is 4.23. The summed E-state index contributed by atoms with van der Waals surface area (Å²) in [5, 5.41) is 27.3. The highest BCUT2D eigenvalue weighted by molar-refractivity contribution is 5.97. The van der Waals surface area contributed by atoms with Gasteiger partial charge in [0, 0.05) is 43.9 Å². The Labute approximate surface area is 191 Å². The SMILES string of the molecule is CC(C)Cn1c(O)c(C(=O)NC2CC2)c(=O)n2ncc(/C=C/C(=O)N3CCC[C@H](CO)C3)c12. The van der Waals surface area contributed by atoms with Crippen molar-refractivity contribution in [2.24, 2.45) is 11.8 Å². The van der Waals surface area contributed by atoms with Crippen LogP contribution < -0.4 is 10.9 Å². The summed E-state index contributed by atoms with van der Waals surface area (Å²) in [4.78, 5) is 40.1. The second kappa shape index (κ2) is 9.38. The largest absolute Gasteiger partial charge is 0.494 e. The molecular formula is C23H31N5O5. The van der Waals surface area contributed by atoms with E-state index in [4.69, 9.17) is 0 Å². The number of amides is 2. The Morgan fingerprint density at radius 3 is 2.73 bits per heavy atom. The second-order valence-corrected chi connectivity index (χ2v) is 9.40. The van der Waals surface area contributed by atoms with Gasteiger partial charge in [-0.15, -0.1) is 0 Å². The second-order valence-electron chi connectivity index (χ2n) is 9.40. The molecule has 1 saturated carbocycles. The molecule has 1 atom stereocenters. The number of likely N-dealkylation sites (tertiary alicyclic amines) is 1. The van der Waals surface area contributed by atoms with E-state index in [-0.39, 0.29) is 36.0 Å². The maximum atomic E-state index is 13.0. The van der Waals surface area contributed by atoms with Crippen LogP contribution in [0.2, 0.25) is 0 Å². The Bertz CT molecular complexity index is 1140. The van der Waals surface area contributed by atoms with Crippen LogP contribution in [-0.2, 0) is 11.3 Å². The molecule has 2 aromatic rings. The molecule has 10 heteroatoms. The van der Waals surface area contributed by atoms with E-state index in [0.29, 0.717) is 30.8 Å². The van der Waals surface area contributed by atoms with Crippen molar-refractivity contribution in [1.82, 2.24) is 24.4 Å². The highest BCUT2D eigenvalue weighted by Gasteiger charge is 2.30. The van der Waals surface area contributed by atoms with Crippen molar-refractivity contribution in [3.05, 3.63) is 33.8 Å². The summed E-state index contributed by atoms with van der Waals surface area (Å²) in [6.07, 6.45) is 7.90. The first-order valence-electron chi connectivity index (χ1n) is 11.5. The zero-order valence-corrected chi connectivity index (χ0v) is 19.0. The van der Waals surface area contributed by atoms with E-state index < -0.39 is 17.3 Å². The number of hydrogen-bond acceptors (Lipinski definition) is 6. The minimum atomic E-state index is -0.701. The molecule has 0 radical (unpaired) electrons. The Kier molecular flexibility index (Phi) is 6.55. The van der Waals surface area contributed by atoms with Gasteiger partial charge in [0.2, 0.25) is 11.8 Å². The summed E-state index contributed by atoms with van der Waals surface area (Å²) < 4.78 is 2.62. The molecule has 10 nitrogen and oxygen atoms in total. The van der Waals surface area contributed by atoms with Crippen LogP contribution in [-0.4, -0.2) is 66.8 Å². The van der Waals surface area contributed by atoms with Gasteiger partial charge in [-0.2, -0.15) is 9.61 Å².